The molecule has 5 nitrogen and oxygen atoms in total. The first-order valence-electron chi connectivity index (χ1n) is 8.25. The molecule has 1 aliphatic heterocycles. The number of hydrogen-bond acceptors (Lipinski definition) is 5. The second kappa shape index (κ2) is 7.88. The molecule has 0 unspecified atom stereocenters. The van der Waals surface area contributed by atoms with Crippen molar-refractivity contribution in [1.82, 2.24) is 15.2 Å². The first-order valence-corrected chi connectivity index (χ1v) is 9.13. The predicted molar refractivity (Wildman–Crippen MR) is 94.8 cm³/mol. The molecule has 1 fully saturated rings. The van der Waals surface area contributed by atoms with Crippen LogP contribution in [-0.2, 0) is 9.53 Å². The van der Waals surface area contributed by atoms with Crippen molar-refractivity contribution in [2.75, 3.05) is 19.7 Å². The zero-order chi connectivity index (χ0) is 16.9. The van der Waals surface area contributed by atoms with Crippen LogP contribution >= 0.6 is 11.3 Å². The fraction of sp³-hybridized carbons (Fsp3) is 0.444. The van der Waals surface area contributed by atoms with Crippen LogP contribution < -0.4 is 5.32 Å². The molecular weight excluding hydrogens is 322 g/mol. The van der Waals surface area contributed by atoms with E-state index in [1.165, 1.54) is 0 Å². The van der Waals surface area contributed by atoms with Crippen LogP contribution in [-0.4, -0.2) is 41.5 Å². The van der Waals surface area contributed by atoms with Gasteiger partial charge in [-0.25, -0.2) is 4.98 Å². The monoisotopic (exact) mass is 345 g/mol. The predicted octanol–water partition coefficient (Wildman–Crippen LogP) is 2.78. The van der Waals surface area contributed by atoms with Gasteiger partial charge in [0.1, 0.15) is 17.2 Å². The van der Waals surface area contributed by atoms with Crippen LogP contribution in [0.4, 0.5) is 0 Å². The van der Waals surface area contributed by atoms with E-state index in [-0.39, 0.29) is 24.1 Å². The summed E-state index contributed by atoms with van der Waals surface area (Å²) in [7, 11) is 0. The molecule has 0 radical (unpaired) electrons. The Bertz CT molecular complexity index is 646. The molecule has 2 aromatic rings. The Hall–Kier alpha value is -1.76. The van der Waals surface area contributed by atoms with Crippen molar-refractivity contribution in [3.63, 3.8) is 0 Å². The van der Waals surface area contributed by atoms with E-state index in [1.807, 2.05) is 49.6 Å². The topological polar surface area (TPSA) is 54.5 Å². The molecule has 24 heavy (non-hydrogen) atoms. The maximum absolute atomic E-state index is 12.8. The van der Waals surface area contributed by atoms with Crippen LogP contribution in [0, 0.1) is 0 Å². The Kier molecular flexibility index (Phi) is 5.60. The first kappa shape index (κ1) is 17.1. The number of aromatic nitrogens is 1. The number of carbonyl (C=O) groups excluding carboxylic acids is 1. The molecule has 0 aliphatic carbocycles. The summed E-state index contributed by atoms with van der Waals surface area (Å²) in [5, 5.41) is 5.98. The number of thiazole rings is 1. The highest BCUT2D eigenvalue weighted by Gasteiger charge is 2.33. The standard InChI is InChI=1S/C18H23N3O2S/c1-13(2)20-17(22)16(14-6-4-3-5-7-14)21-9-10-23-15(12-21)18-19-8-11-24-18/h3-8,11,13,15-16H,9-10,12H2,1-2H3,(H,20,22)/t15-,16+/m1/s1. The van der Waals surface area contributed by atoms with Crippen LogP contribution in [0.5, 0.6) is 0 Å². The lowest BCUT2D eigenvalue weighted by Gasteiger charge is -2.37. The van der Waals surface area contributed by atoms with E-state index in [1.54, 1.807) is 17.5 Å². The fourth-order valence-corrected chi connectivity index (χ4v) is 3.65. The number of amides is 1. The molecular formula is C18H23N3O2S. The molecule has 1 aliphatic rings. The maximum Gasteiger partial charge on any atom is 0.242 e. The van der Waals surface area contributed by atoms with Crippen molar-refractivity contribution in [2.24, 2.45) is 0 Å². The van der Waals surface area contributed by atoms with E-state index in [0.717, 1.165) is 17.1 Å². The molecule has 0 bridgehead atoms. The summed E-state index contributed by atoms with van der Waals surface area (Å²) < 4.78 is 5.87. The molecule has 0 spiro atoms. The third-order valence-electron chi connectivity index (χ3n) is 3.98. The maximum atomic E-state index is 12.8. The summed E-state index contributed by atoms with van der Waals surface area (Å²) in [5.74, 6) is 0.0380. The van der Waals surface area contributed by atoms with Crippen molar-refractivity contribution in [1.29, 1.82) is 0 Å². The van der Waals surface area contributed by atoms with Gasteiger partial charge in [0.25, 0.3) is 0 Å². The van der Waals surface area contributed by atoms with Crippen LogP contribution in [0.1, 0.15) is 36.6 Å². The van der Waals surface area contributed by atoms with Crippen LogP contribution in [0.15, 0.2) is 41.9 Å². The second-order valence-corrected chi connectivity index (χ2v) is 7.13. The lowest BCUT2D eigenvalue weighted by molar-refractivity contribution is -0.131. The highest BCUT2D eigenvalue weighted by atomic mass is 32.1. The number of carbonyl (C=O) groups is 1. The van der Waals surface area contributed by atoms with E-state index in [2.05, 4.69) is 15.2 Å². The summed E-state index contributed by atoms with van der Waals surface area (Å²) in [6.07, 6.45) is 1.72. The Morgan fingerprint density at radius 1 is 1.38 bits per heavy atom. The highest BCUT2D eigenvalue weighted by molar-refractivity contribution is 7.09. The average Bonchev–Trinajstić information content (AvgIpc) is 3.10. The van der Waals surface area contributed by atoms with E-state index >= 15 is 0 Å². The summed E-state index contributed by atoms with van der Waals surface area (Å²) in [5.41, 5.74) is 1.01. The fourth-order valence-electron chi connectivity index (χ4n) is 2.97. The molecule has 3 rings (SSSR count). The third kappa shape index (κ3) is 4.01. The molecule has 0 saturated carbocycles. The van der Waals surface area contributed by atoms with Gasteiger partial charge in [0.05, 0.1) is 6.61 Å². The number of nitrogens with one attached hydrogen (secondary N) is 1. The Labute approximate surface area is 146 Å². The Balaban J connectivity index is 1.83. The number of nitrogens with zero attached hydrogens (tertiary/aromatic N) is 2. The third-order valence-corrected chi connectivity index (χ3v) is 4.85. The number of morpholine rings is 1. The quantitative estimate of drug-likeness (QED) is 0.905. The molecule has 2 heterocycles. The van der Waals surface area contributed by atoms with E-state index in [4.69, 9.17) is 4.74 Å². The number of benzene rings is 1. The first-order chi connectivity index (χ1) is 11.6. The van der Waals surface area contributed by atoms with E-state index in [9.17, 15) is 4.79 Å². The summed E-state index contributed by atoms with van der Waals surface area (Å²) in [6.45, 7) is 5.96. The molecule has 128 valence electrons. The smallest absolute Gasteiger partial charge is 0.242 e. The van der Waals surface area contributed by atoms with Gasteiger partial charge in [-0.1, -0.05) is 30.3 Å². The highest BCUT2D eigenvalue weighted by Crippen LogP contribution is 2.30. The minimum atomic E-state index is -0.306. The largest absolute Gasteiger partial charge is 0.368 e. The Morgan fingerprint density at radius 2 is 2.17 bits per heavy atom. The summed E-state index contributed by atoms with van der Waals surface area (Å²) in [4.78, 5) is 19.4. The van der Waals surface area contributed by atoms with Gasteiger partial charge in [0.2, 0.25) is 5.91 Å². The van der Waals surface area contributed by atoms with Crippen molar-refractivity contribution in [3.05, 3.63) is 52.5 Å². The minimum absolute atomic E-state index is 0.0380. The van der Waals surface area contributed by atoms with Crippen LogP contribution in [0.3, 0.4) is 0 Å². The molecule has 1 N–H and O–H groups in total. The van der Waals surface area contributed by atoms with Crippen LogP contribution in [0.25, 0.3) is 0 Å². The van der Waals surface area contributed by atoms with Gasteiger partial charge in [-0.05, 0) is 19.4 Å². The molecule has 1 aromatic carbocycles. The van der Waals surface area contributed by atoms with E-state index in [0.29, 0.717) is 13.2 Å². The lowest BCUT2D eigenvalue weighted by atomic mass is 10.0. The van der Waals surface area contributed by atoms with Crippen LogP contribution in [0.2, 0.25) is 0 Å². The van der Waals surface area contributed by atoms with Gasteiger partial charge < -0.3 is 10.1 Å². The normalized spacial score (nSPS) is 20.0. The second-order valence-electron chi connectivity index (χ2n) is 6.20. The molecule has 1 aromatic heterocycles. The number of ether oxygens (including phenoxy) is 1. The molecule has 6 heteroatoms. The minimum Gasteiger partial charge on any atom is -0.368 e. The van der Waals surface area contributed by atoms with Crippen molar-refractivity contribution < 1.29 is 9.53 Å². The molecule has 1 amide bonds. The van der Waals surface area contributed by atoms with Gasteiger partial charge in [0, 0.05) is 30.7 Å². The Morgan fingerprint density at radius 3 is 2.83 bits per heavy atom. The summed E-state index contributed by atoms with van der Waals surface area (Å²) >= 11 is 1.59. The number of hydrogen-bond donors (Lipinski definition) is 1. The van der Waals surface area contributed by atoms with Gasteiger partial charge in [-0.3, -0.25) is 9.69 Å². The van der Waals surface area contributed by atoms with Crippen molar-refractivity contribution in [3.8, 4) is 0 Å². The SMILES string of the molecule is CC(C)NC(=O)[C@H](c1ccccc1)N1CCO[C@@H](c2nccs2)C1. The number of rotatable bonds is 5. The molecule has 2 atom stereocenters. The van der Waals surface area contributed by atoms with Gasteiger partial charge in [0.15, 0.2) is 0 Å². The van der Waals surface area contributed by atoms with Gasteiger partial charge in [-0.2, -0.15) is 0 Å². The zero-order valence-corrected chi connectivity index (χ0v) is 14.8. The summed E-state index contributed by atoms with van der Waals surface area (Å²) in [6, 6.07) is 9.75. The van der Waals surface area contributed by atoms with Gasteiger partial charge >= 0.3 is 0 Å². The van der Waals surface area contributed by atoms with Crippen molar-refractivity contribution >= 4 is 17.2 Å². The zero-order valence-electron chi connectivity index (χ0n) is 14.0. The lowest BCUT2D eigenvalue weighted by Crippen LogP contribution is -2.47. The molecule has 1 saturated heterocycles. The van der Waals surface area contributed by atoms with Gasteiger partial charge in [-0.15, -0.1) is 11.3 Å². The average molecular weight is 345 g/mol. The van der Waals surface area contributed by atoms with E-state index < -0.39 is 0 Å². The van der Waals surface area contributed by atoms with Crippen molar-refractivity contribution in [2.45, 2.75) is 32.0 Å².